The fourth-order valence-corrected chi connectivity index (χ4v) is 7.08. The topological polar surface area (TPSA) is 113 Å². The van der Waals surface area contributed by atoms with Gasteiger partial charge >= 0.3 is 19.3 Å². The minimum atomic E-state index is -0.596. The Morgan fingerprint density at radius 2 is 1.89 bits per heavy atom. The fraction of sp³-hybridized carbons (Fsp3) is 0.727. The molecule has 4 fully saturated rings. The number of hydrogen-bond acceptors (Lipinski definition) is 8. The summed E-state index contributed by atoms with van der Waals surface area (Å²) in [5.41, 5.74) is 1.29. The van der Waals surface area contributed by atoms with Gasteiger partial charge in [-0.3, -0.25) is 0 Å². The van der Waals surface area contributed by atoms with E-state index in [1.807, 2.05) is 37.7 Å². The van der Waals surface area contributed by atoms with Gasteiger partial charge in [0.05, 0.1) is 35.6 Å². The predicted octanol–water partition coefficient (Wildman–Crippen LogP) is 5.92. The number of fused-ring (bicyclic) bond motifs is 1. The van der Waals surface area contributed by atoms with Gasteiger partial charge in [-0.05, 0) is 116 Å². The maximum Gasteiger partial charge on any atom is 0.495 e. The molecule has 1 aromatic carbocycles. The zero-order valence-electron chi connectivity index (χ0n) is 28.2. The molecule has 4 aliphatic rings. The highest BCUT2D eigenvalue weighted by atomic mass is 35.5. The average molecular weight is 659 g/mol. The molecule has 2 aromatic rings. The van der Waals surface area contributed by atoms with Crippen molar-refractivity contribution in [3.63, 3.8) is 0 Å². The number of halogens is 1. The van der Waals surface area contributed by atoms with Gasteiger partial charge < -0.3 is 33.7 Å². The van der Waals surface area contributed by atoms with Crippen molar-refractivity contribution >= 4 is 47.3 Å². The number of rotatable bonds is 7. The van der Waals surface area contributed by atoms with Gasteiger partial charge in [0.15, 0.2) is 6.23 Å². The van der Waals surface area contributed by atoms with E-state index in [1.165, 1.54) is 0 Å². The van der Waals surface area contributed by atoms with Crippen LogP contribution in [0.3, 0.4) is 0 Å². The molecule has 0 radical (unpaired) electrons. The summed E-state index contributed by atoms with van der Waals surface area (Å²) in [6, 6.07) is 1.84. The first kappa shape index (κ1) is 33.4. The normalized spacial score (nSPS) is 27.2. The Labute approximate surface area is 277 Å². The lowest BCUT2D eigenvalue weighted by molar-refractivity contribution is -0.0366. The molecular formula is C33H48BClN4O7. The highest BCUT2D eigenvalue weighted by Gasteiger charge is 2.54. The summed E-state index contributed by atoms with van der Waals surface area (Å²) in [5.74, 6) is 0.485. The summed E-state index contributed by atoms with van der Waals surface area (Å²) >= 11 is 7.12. The van der Waals surface area contributed by atoms with Crippen molar-refractivity contribution in [2.24, 2.45) is 5.92 Å². The summed E-state index contributed by atoms with van der Waals surface area (Å²) in [7, 11) is -0.596. The van der Waals surface area contributed by atoms with E-state index in [1.54, 1.807) is 4.90 Å². The molecule has 3 saturated heterocycles. The third-order valence-corrected chi connectivity index (χ3v) is 10.3. The Bertz CT molecular complexity index is 1450. The van der Waals surface area contributed by atoms with Crippen LogP contribution in [-0.4, -0.2) is 83.1 Å². The predicted molar refractivity (Wildman–Crippen MR) is 175 cm³/mol. The number of likely N-dealkylation sites (tertiary alicyclic amines) is 1. The fourth-order valence-electron chi connectivity index (χ4n) is 6.73. The number of benzene rings is 1. The standard InChI is InChI=1S/C33H48BClN4O7/c1-31(2,3)44-30(41)38-13-11-21(19-38)37-29(40)43-15-12-20-16-22(20)27-24(35)17-25-23(18-36-39(25)26-10-8-9-14-42-26)28(27)34-45-32(4,5)33(6,7)46-34/h17-18,20-22,26H,8-16,19H2,1-7H3,(H,37,40)/t20?,21-,22?,26?/m1/s1. The minimum Gasteiger partial charge on any atom is -0.450 e. The zero-order valence-corrected chi connectivity index (χ0v) is 28.9. The van der Waals surface area contributed by atoms with Crippen LogP contribution in [0.4, 0.5) is 9.59 Å². The van der Waals surface area contributed by atoms with Crippen LogP contribution in [0.25, 0.3) is 10.9 Å². The summed E-state index contributed by atoms with van der Waals surface area (Å²) in [6.45, 7) is 15.7. The molecule has 3 unspecified atom stereocenters. The van der Waals surface area contributed by atoms with E-state index in [4.69, 9.17) is 40.2 Å². The lowest BCUT2D eigenvalue weighted by atomic mass is 9.72. The maximum atomic E-state index is 12.6. The van der Waals surface area contributed by atoms with Crippen molar-refractivity contribution in [1.82, 2.24) is 20.0 Å². The molecule has 1 aliphatic carbocycles. The number of carbonyl (C=O) groups is 2. The number of hydrogen-bond donors (Lipinski definition) is 1. The van der Waals surface area contributed by atoms with Crippen LogP contribution in [0, 0.1) is 5.92 Å². The molecule has 46 heavy (non-hydrogen) atoms. The summed E-state index contributed by atoms with van der Waals surface area (Å²) in [5, 5.41) is 9.30. The van der Waals surface area contributed by atoms with Crippen LogP contribution in [0.15, 0.2) is 12.3 Å². The molecule has 0 spiro atoms. The first-order valence-corrected chi connectivity index (χ1v) is 17.1. The summed E-state index contributed by atoms with van der Waals surface area (Å²) in [6.07, 6.45) is 6.29. The van der Waals surface area contributed by atoms with Gasteiger partial charge in [0.2, 0.25) is 0 Å². The molecule has 3 aliphatic heterocycles. The monoisotopic (exact) mass is 658 g/mol. The molecule has 0 bridgehead atoms. The molecule has 1 saturated carbocycles. The van der Waals surface area contributed by atoms with E-state index in [0.29, 0.717) is 36.9 Å². The first-order valence-electron chi connectivity index (χ1n) is 16.7. The Kier molecular flexibility index (Phi) is 9.06. The van der Waals surface area contributed by atoms with Gasteiger partial charge in [-0.2, -0.15) is 5.10 Å². The van der Waals surface area contributed by atoms with Crippen LogP contribution >= 0.6 is 11.6 Å². The molecule has 1 aromatic heterocycles. The van der Waals surface area contributed by atoms with E-state index < -0.39 is 30.0 Å². The number of carbonyl (C=O) groups excluding carboxylic acids is 2. The molecule has 11 nitrogen and oxygen atoms in total. The van der Waals surface area contributed by atoms with E-state index in [0.717, 1.165) is 54.2 Å². The van der Waals surface area contributed by atoms with E-state index in [2.05, 4.69) is 33.0 Å². The van der Waals surface area contributed by atoms with Crippen molar-refractivity contribution in [1.29, 1.82) is 0 Å². The molecule has 1 N–H and O–H groups in total. The smallest absolute Gasteiger partial charge is 0.450 e. The van der Waals surface area contributed by atoms with Crippen LogP contribution in [0.5, 0.6) is 0 Å². The lowest BCUT2D eigenvalue weighted by Crippen LogP contribution is -2.41. The number of nitrogens with zero attached hydrogens (tertiary/aromatic N) is 3. The Balaban J connectivity index is 1.12. The van der Waals surface area contributed by atoms with Gasteiger partial charge in [-0.15, -0.1) is 0 Å². The van der Waals surface area contributed by atoms with Crippen LogP contribution < -0.4 is 10.8 Å². The lowest BCUT2D eigenvalue weighted by Gasteiger charge is -2.32. The third kappa shape index (κ3) is 6.86. The number of amides is 2. The highest BCUT2D eigenvalue weighted by Crippen LogP contribution is 2.52. The number of nitrogens with one attached hydrogen (secondary N) is 1. The molecule has 13 heteroatoms. The van der Waals surface area contributed by atoms with Crippen molar-refractivity contribution < 1.29 is 33.1 Å². The largest absolute Gasteiger partial charge is 0.495 e. The second kappa shape index (κ2) is 12.5. The molecule has 6 rings (SSSR count). The Hall–Kier alpha value is -2.54. The van der Waals surface area contributed by atoms with Crippen LogP contribution in [0.2, 0.25) is 5.02 Å². The van der Waals surface area contributed by atoms with Gasteiger partial charge in [-0.25, -0.2) is 14.3 Å². The van der Waals surface area contributed by atoms with E-state index in [9.17, 15) is 9.59 Å². The third-order valence-electron chi connectivity index (χ3n) is 10.0. The quantitative estimate of drug-likeness (QED) is 0.365. The van der Waals surface area contributed by atoms with E-state index in [-0.39, 0.29) is 30.9 Å². The summed E-state index contributed by atoms with van der Waals surface area (Å²) in [4.78, 5) is 26.6. The van der Waals surface area contributed by atoms with Gasteiger partial charge in [-0.1, -0.05) is 11.6 Å². The SMILES string of the molecule is CC(C)(C)OC(=O)N1CC[C@@H](NC(=O)OCCC2CC2c2c(Cl)cc3c(cnn3C3CCCCO3)c2B2OC(C)(C)C(C)(C)O2)C1. The van der Waals surface area contributed by atoms with Gasteiger partial charge in [0.1, 0.15) is 5.60 Å². The Morgan fingerprint density at radius 1 is 1.15 bits per heavy atom. The number of alkyl carbamates (subject to hydrolysis) is 1. The zero-order chi connectivity index (χ0) is 33.0. The second-order valence-corrected chi connectivity index (χ2v) is 15.6. The molecule has 252 valence electrons. The van der Waals surface area contributed by atoms with Gasteiger partial charge in [0, 0.05) is 30.1 Å². The average Bonchev–Trinajstić information content (AvgIpc) is 3.25. The van der Waals surface area contributed by atoms with E-state index >= 15 is 0 Å². The van der Waals surface area contributed by atoms with Gasteiger partial charge in [0.25, 0.3) is 0 Å². The first-order chi connectivity index (χ1) is 21.6. The van der Waals surface area contributed by atoms with Crippen LogP contribution in [-0.2, 0) is 23.5 Å². The molecule has 2 amide bonds. The van der Waals surface area contributed by atoms with Crippen molar-refractivity contribution in [2.45, 2.75) is 122 Å². The summed E-state index contributed by atoms with van der Waals surface area (Å²) < 4.78 is 32.2. The Morgan fingerprint density at radius 3 is 2.57 bits per heavy atom. The maximum absolute atomic E-state index is 12.6. The minimum absolute atomic E-state index is 0.124. The second-order valence-electron chi connectivity index (χ2n) is 15.2. The van der Waals surface area contributed by atoms with Crippen molar-refractivity contribution in [3.05, 3.63) is 22.8 Å². The molecule has 4 heterocycles. The van der Waals surface area contributed by atoms with Crippen molar-refractivity contribution in [2.75, 3.05) is 26.3 Å². The van der Waals surface area contributed by atoms with Crippen molar-refractivity contribution in [3.8, 4) is 0 Å². The number of aromatic nitrogens is 2. The molecular weight excluding hydrogens is 611 g/mol. The molecule has 4 atom stereocenters. The van der Waals surface area contributed by atoms with Crippen LogP contribution in [0.1, 0.15) is 105 Å². The highest BCUT2D eigenvalue weighted by molar-refractivity contribution is 6.66. The number of ether oxygens (including phenoxy) is 3.